The molecule has 0 aromatic rings. The number of hydrogen-bond acceptors (Lipinski definition) is 4. The lowest BCUT2D eigenvalue weighted by Gasteiger charge is -2.21. The van der Waals surface area contributed by atoms with Crippen LogP contribution in [0, 0.1) is 11.3 Å². The van der Waals surface area contributed by atoms with Crippen molar-refractivity contribution in [3.8, 4) is 0 Å². The van der Waals surface area contributed by atoms with Crippen molar-refractivity contribution in [3.05, 3.63) is 0 Å². The third-order valence-corrected chi connectivity index (χ3v) is 1.58. The molecule has 0 aliphatic rings. The molecule has 0 aromatic carbocycles. The maximum atomic E-state index is 11.4. The first-order valence-corrected chi connectivity index (χ1v) is 4.67. The standard InChI is InChI=1S/C10H17NO4/c1-6(5-7(11)8(12)13)9(14)15-10(2,3)4/h6,11H,5H2,1-4H3,(H,12,13)/t6-/m0/s1. The Morgan fingerprint density at radius 1 is 1.40 bits per heavy atom. The average molecular weight is 215 g/mol. The number of carbonyl (C=O) groups is 2. The Morgan fingerprint density at radius 2 is 1.87 bits per heavy atom. The minimum atomic E-state index is -1.30. The lowest BCUT2D eigenvalue weighted by Crippen LogP contribution is -2.29. The van der Waals surface area contributed by atoms with E-state index in [-0.39, 0.29) is 6.42 Å². The predicted octanol–water partition coefficient (Wildman–Crippen LogP) is 1.46. The van der Waals surface area contributed by atoms with Gasteiger partial charge in [-0.25, -0.2) is 4.79 Å². The SMILES string of the molecule is C[C@@H](CC(=N)C(=O)O)C(=O)OC(C)(C)C. The molecule has 0 amide bonds. The van der Waals surface area contributed by atoms with Crippen molar-refractivity contribution in [2.24, 2.45) is 5.92 Å². The number of carboxylic acids is 1. The van der Waals surface area contributed by atoms with Gasteiger partial charge in [0.15, 0.2) is 0 Å². The molecule has 0 rings (SSSR count). The maximum Gasteiger partial charge on any atom is 0.349 e. The van der Waals surface area contributed by atoms with Crippen LogP contribution < -0.4 is 0 Å². The van der Waals surface area contributed by atoms with Crippen molar-refractivity contribution in [1.29, 1.82) is 5.41 Å². The minimum Gasteiger partial charge on any atom is -0.477 e. The van der Waals surface area contributed by atoms with Gasteiger partial charge in [0.2, 0.25) is 0 Å². The van der Waals surface area contributed by atoms with Crippen LogP contribution in [-0.4, -0.2) is 28.4 Å². The van der Waals surface area contributed by atoms with E-state index in [1.807, 2.05) is 0 Å². The molecular weight excluding hydrogens is 198 g/mol. The molecule has 0 radical (unpaired) electrons. The fourth-order valence-electron chi connectivity index (χ4n) is 0.879. The monoisotopic (exact) mass is 215 g/mol. The average Bonchev–Trinajstić information content (AvgIpc) is 2.00. The van der Waals surface area contributed by atoms with E-state index in [0.717, 1.165) is 0 Å². The van der Waals surface area contributed by atoms with Gasteiger partial charge >= 0.3 is 11.9 Å². The second kappa shape index (κ2) is 4.91. The van der Waals surface area contributed by atoms with Gasteiger partial charge in [0.1, 0.15) is 11.3 Å². The number of ether oxygens (including phenoxy) is 1. The van der Waals surface area contributed by atoms with E-state index in [2.05, 4.69) is 0 Å². The zero-order valence-corrected chi connectivity index (χ0v) is 9.46. The summed E-state index contributed by atoms with van der Waals surface area (Å²) in [4.78, 5) is 21.8. The molecule has 5 heteroatoms. The Kier molecular flexibility index (Phi) is 4.45. The van der Waals surface area contributed by atoms with Crippen LogP contribution in [-0.2, 0) is 14.3 Å². The van der Waals surface area contributed by atoms with Crippen LogP contribution in [0.15, 0.2) is 0 Å². The molecule has 0 aromatic heterocycles. The number of carboxylic acid groups (broad SMARTS) is 1. The van der Waals surface area contributed by atoms with Crippen LogP contribution in [0.5, 0.6) is 0 Å². The van der Waals surface area contributed by atoms with E-state index in [1.54, 1.807) is 27.7 Å². The molecule has 0 heterocycles. The molecule has 5 nitrogen and oxygen atoms in total. The quantitative estimate of drug-likeness (QED) is 0.549. The summed E-state index contributed by atoms with van der Waals surface area (Å²) in [7, 11) is 0. The van der Waals surface area contributed by atoms with Gasteiger partial charge < -0.3 is 9.84 Å². The molecule has 86 valence electrons. The minimum absolute atomic E-state index is 0.107. The Balaban J connectivity index is 4.23. The Hall–Kier alpha value is -1.39. The number of aliphatic carboxylic acids is 1. The molecule has 0 bridgehead atoms. The van der Waals surface area contributed by atoms with E-state index in [0.29, 0.717) is 0 Å². The third kappa shape index (κ3) is 5.83. The number of nitrogens with one attached hydrogen (secondary N) is 1. The summed E-state index contributed by atoms with van der Waals surface area (Å²) in [6, 6.07) is 0. The van der Waals surface area contributed by atoms with Gasteiger partial charge in [-0.2, -0.15) is 0 Å². The topological polar surface area (TPSA) is 87.5 Å². The van der Waals surface area contributed by atoms with Gasteiger partial charge in [-0.3, -0.25) is 10.2 Å². The van der Waals surface area contributed by atoms with Gasteiger partial charge in [0.25, 0.3) is 0 Å². The van der Waals surface area contributed by atoms with Crippen LogP contribution in [0.2, 0.25) is 0 Å². The highest BCUT2D eigenvalue weighted by atomic mass is 16.6. The summed E-state index contributed by atoms with van der Waals surface area (Å²) in [5, 5.41) is 15.6. The molecule has 0 spiro atoms. The van der Waals surface area contributed by atoms with Crippen LogP contribution in [0.3, 0.4) is 0 Å². The molecular formula is C10H17NO4. The highest BCUT2D eigenvalue weighted by Gasteiger charge is 2.24. The molecule has 0 fully saturated rings. The fraction of sp³-hybridized carbons (Fsp3) is 0.700. The second-order valence-electron chi connectivity index (χ2n) is 4.42. The first-order valence-electron chi connectivity index (χ1n) is 4.67. The molecule has 0 aliphatic heterocycles. The Labute approximate surface area is 88.9 Å². The van der Waals surface area contributed by atoms with Gasteiger partial charge in [-0.15, -0.1) is 0 Å². The molecule has 2 N–H and O–H groups in total. The van der Waals surface area contributed by atoms with Crippen molar-refractivity contribution in [2.45, 2.75) is 39.7 Å². The molecule has 1 atom stereocenters. The fourth-order valence-corrected chi connectivity index (χ4v) is 0.879. The molecule has 0 saturated carbocycles. The largest absolute Gasteiger partial charge is 0.477 e. The highest BCUT2D eigenvalue weighted by Crippen LogP contribution is 2.13. The zero-order chi connectivity index (χ0) is 12.2. The van der Waals surface area contributed by atoms with Gasteiger partial charge in [0, 0.05) is 6.42 Å². The second-order valence-corrected chi connectivity index (χ2v) is 4.42. The van der Waals surface area contributed by atoms with Crippen LogP contribution >= 0.6 is 0 Å². The van der Waals surface area contributed by atoms with Gasteiger partial charge in [-0.05, 0) is 20.8 Å². The van der Waals surface area contributed by atoms with Crippen molar-refractivity contribution in [1.82, 2.24) is 0 Å². The molecule has 0 unspecified atom stereocenters. The number of hydrogen-bond donors (Lipinski definition) is 2. The predicted molar refractivity (Wildman–Crippen MR) is 55.0 cm³/mol. The number of carbonyl (C=O) groups excluding carboxylic acids is 1. The summed E-state index contributed by atoms with van der Waals surface area (Å²) in [6.07, 6.45) is -0.107. The Bertz CT molecular complexity index is 278. The smallest absolute Gasteiger partial charge is 0.349 e. The maximum absolute atomic E-state index is 11.4. The van der Waals surface area contributed by atoms with Crippen molar-refractivity contribution in [2.75, 3.05) is 0 Å². The van der Waals surface area contributed by atoms with Gasteiger partial charge in [-0.1, -0.05) is 6.92 Å². The molecule has 15 heavy (non-hydrogen) atoms. The zero-order valence-electron chi connectivity index (χ0n) is 9.46. The highest BCUT2D eigenvalue weighted by molar-refractivity contribution is 6.34. The summed E-state index contributed by atoms with van der Waals surface area (Å²) in [5.41, 5.74) is -1.06. The van der Waals surface area contributed by atoms with Crippen molar-refractivity contribution >= 4 is 17.7 Å². The third-order valence-electron chi connectivity index (χ3n) is 1.58. The van der Waals surface area contributed by atoms with E-state index < -0.39 is 29.2 Å². The van der Waals surface area contributed by atoms with Crippen molar-refractivity contribution in [3.63, 3.8) is 0 Å². The summed E-state index contributed by atoms with van der Waals surface area (Å²) in [5.74, 6) is -2.38. The lowest BCUT2D eigenvalue weighted by molar-refractivity contribution is -0.159. The summed E-state index contributed by atoms with van der Waals surface area (Å²) in [6.45, 7) is 6.76. The number of esters is 1. The first-order chi connectivity index (χ1) is 6.63. The Morgan fingerprint density at radius 3 is 2.20 bits per heavy atom. The van der Waals surface area contributed by atoms with E-state index in [9.17, 15) is 9.59 Å². The molecule has 0 saturated heterocycles. The lowest BCUT2D eigenvalue weighted by atomic mass is 10.0. The van der Waals surface area contributed by atoms with Crippen LogP contribution in [0.4, 0.5) is 0 Å². The summed E-state index contributed by atoms with van der Waals surface area (Å²) >= 11 is 0. The van der Waals surface area contributed by atoms with Crippen molar-refractivity contribution < 1.29 is 19.4 Å². The van der Waals surface area contributed by atoms with E-state index in [4.69, 9.17) is 15.3 Å². The van der Waals surface area contributed by atoms with E-state index in [1.165, 1.54) is 0 Å². The van der Waals surface area contributed by atoms with E-state index >= 15 is 0 Å². The van der Waals surface area contributed by atoms with Crippen LogP contribution in [0.25, 0.3) is 0 Å². The normalized spacial score (nSPS) is 13.1. The summed E-state index contributed by atoms with van der Waals surface area (Å²) < 4.78 is 5.05. The molecule has 0 aliphatic carbocycles. The van der Waals surface area contributed by atoms with Crippen LogP contribution in [0.1, 0.15) is 34.1 Å². The van der Waals surface area contributed by atoms with Gasteiger partial charge in [0.05, 0.1) is 5.92 Å². The number of rotatable bonds is 4. The first kappa shape index (κ1) is 13.6.